The first-order chi connectivity index (χ1) is 26.4. The Labute approximate surface area is 332 Å². The molecular formula is C32H53BrN6O16S. The summed E-state index contributed by atoms with van der Waals surface area (Å²) >= 11 is 3.01. The molecule has 0 spiro atoms. The van der Waals surface area contributed by atoms with Gasteiger partial charge in [0.05, 0.1) is 30.9 Å². The predicted molar refractivity (Wildman–Crippen MR) is 199 cm³/mol. The van der Waals surface area contributed by atoms with Crippen molar-refractivity contribution in [1.82, 2.24) is 31.3 Å². The fourth-order valence-corrected chi connectivity index (χ4v) is 5.78. The molecule has 22 nitrogen and oxygen atoms in total. The molecule has 0 aromatic rings. The Bertz CT molecular complexity index is 1430. The van der Waals surface area contributed by atoms with Crippen LogP contribution in [0.4, 0.5) is 0 Å². The Kier molecular flexibility index (Phi) is 27.5. The molecule has 0 fully saturated rings. The number of hydrogen-bond acceptors (Lipinski definition) is 13. The molecule has 56 heavy (non-hydrogen) atoms. The highest BCUT2D eigenvalue weighted by Crippen LogP contribution is 2.05. The molecule has 3 atom stereocenters. The maximum atomic E-state index is 12.4. The minimum Gasteiger partial charge on any atom is -0.480 e. The lowest BCUT2D eigenvalue weighted by Gasteiger charge is -2.17. The third-order valence-electron chi connectivity index (χ3n) is 7.32. The summed E-state index contributed by atoms with van der Waals surface area (Å²) in [5, 5.41) is 40.2. The van der Waals surface area contributed by atoms with Crippen LogP contribution in [0.1, 0.15) is 77.6 Å². The lowest BCUT2D eigenvalue weighted by Crippen LogP contribution is -2.44. The van der Waals surface area contributed by atoms with Crippen LogP contribution in [0.25, 0.3) is 0 Å². The molecule has 0 heterocycles. The molecule has 6 amide bonds. The average molecular weight is 890 g/mol. The molecule has 320 valence electrons. The van der Waals surface area contributed by atoms with Crippen molar-refractivity contribution in [1.29, 1.82) is 0 Å². The number of unbranched alkanes of at least 4 members (excludes halogenated alkanes) is 1. The van der Waals surface area contributed by atoms with Crippen molar-refractivity contribution in [2.24, 2.45) is 0 Å². The van der Waals surface area contributed by atoms with E-state index < -0.39 is 101 Å². The van der Waals surface area contributed by atoms with E-state index in [1.165, 1.54) is 0 Å². The van der Waals surface area contributed by atoms with Crippen molar-refractivity contribution in [2.75, 3.05) is 50.6 Å². The van der Waals surface area contributed by atoms with E-state index in [4.69, 9.17) is 9.47 Å². The van der Waals surface area contributed by atoms with Crippen LogP contribution in [-0.4, -0.2) is 146 Å². The first-order valence-corrected chi connectivity index (χ1v) is 20.5. The Morgan fingerprint density at radius 2 is 1.09 bits per heavy atom. The molecule has 0 bridgehead atoms. The monoisotopic (exact) mass is 888 g/mol. The van der Waals surface area contributed by atoms with Gasteiger partial charge in [-0.1, -0.05) is 22.9 Å². The summed E-state index contributed by atoms with van der Waals surface area (Å²) in [6, 6.07) is -4.15. The standard InChI is InChI=1S/C32H53BrN6O16S/c1-2-6-27(43)39-56(52,53)18-5-8-25(41)36-23(32(50)51)10-12-26(42)37-22(31(48)49)9-11-24(40)35-14-15-54-16-17-55-20-29(45)38-21(30(46)47)7-3-4-13-34-28(44)19-33/h21-23H,2-20H2,1H3,(H,34,44)(H,35,40)(H,36,41)(H,37,42)(H,38,45)(H,39,43)(H,46,47)(H,48,49)(H,50,51). The van der Waals surface area contributed by atoms with E-state index in [0.29, 0.717) is 25.8 Å². The van der Waals surface area contributed by atoms with Crippen molar-refractivity contribution < 1.29 is 76.4 Å². The van der Waals surface area contributed by atoms with Gasteiger partial charge in [0, 0.05) is 38.8 Å². The van der Waals surface area contributed by atoms with E-state index in [-0.39, 0.29) is 76.1 Å². The highest BCUT2D eigenvalue weighted by Gasteiger charge is 2.25. The summed E-state index contributed by atoms with van der Waals surface area (Å²) in [6.07, 6.45) is -0.530. The average Bonchev–Trinajstić information content (AvgIpc) is 3.11. The van der Waals surface area contributed by atoms with Crippen molar-refractivity contribution in [2.45, 2.75) is 95.7 Å². The maximum absolute atomic E-state index is 12.4. The summed E-state index contributed by atoms with van der Waals surface area (Å²) in [4.78, 5) is 106. The van der Waals surface area contributed by atoms with E-state index in [1.54, 1.807) is 6.92 Å². The zero-order valence-electron chi connectivity index (χ0n) is 31.1. The van der Waals surface area contributed by atoms with Crippen LogP contribution >= 0.6 is 15.9 Å². The Morgan fingerprint density at radius 3 is 1.66 bits per heavy atom. The van der Waals surface area contributed by atoms with Gasteiger partial charge in [0.15, 0.2) is 0 Å². The number of alkyl halides is 1. The molecule has 3 unspecified atom stereocenters. The van der Waals surface area contributed by atoms with Gasteiger partial charge in [0.25, 0.3) is 0 Å². The van der Waals surface area contributed by atoms with Gasteiger partial charge < -0.3 is 51.4 Å². The molecule has 0 radical (unpaired) electrons. The number of carboxylic acid groups (broad SMARTS) is 3. The van der Waals surface area contributed by atoms with E-state index in [2.05, 4.69) is 42.5 Å². The molecule has 0 saturated carbocycles. The number of sulfonamides is 1. The SMILES string of the molecule is CCCC(=O)NS(=O)(=O)CCCC(=O)NC(CCC(=O)NC(CCC(=O)NCCOCCOCC(=O)NC(CCCCNC(=O)CBr)C(=O)O)C(=O)O)C(=O)O. The number of carboxylic acids is 3. The van der Waals surface area contributed by atoms with Crippen LogP contribution in [0.3, 0.4) is 0 Å². The largest absolute Gasteiger partial charge is 0.480 e. The lowest BCUT2D eigenvalue weighted by atomic mass is 10.1. The van der Waals surface area contributed by atoms with Crippen LogP contribution in [-0.2, 0) is 62.6 Å². The van der Waals surface area contributed by atoms with Gasteiger partial charge in [0.2, 0.25) is 45.5 Å². The first kappa shape index (κ1) is 51.6. The number of carbonyl (C=O) groups excluding carboxylic acids is 6. The molecule has 0 aliphatic heterocycles. The number of hydrogen-bond donors (Lipinski definition) is 9. The molecule has 0 rings (SSSR count). The maximum Gasteiger partial charge on any atom is 0.326 e. The second-order valence-corrected chi connectivity index (χ2v) is 14.5. The van der Waals surface area contributed by atoms with Crippen LogP contribution in [0.15, 0.2) is 0 Å². The topological polar surface area (TPSA) is 339 Å². The molecule has 24 heteroatoms. The van der Waals surface area contributed by atoms with E-state index in [0.717, 1.165) is 0 Å². The fourth-order valence-electron chi connectivity index (χ4n) is 4.50. The van der Waals surface area contributed by atoms with Gasteiger partial charge in [-0.3, -0.25) is 33.5 Å². The number of amides is 6. The molecule has 0 aromatic heterocycles. The minimum atomic E-state index is -3.98. The Balaban J connectivity index is 4.35. The zero-order chi connectivity index (χ0) is 42.5. The number of carbonyl (C=O) groups is 9. The Hall–Kier alpha value is -4.42. The summed E-state index contributed by atoms with van der Waals surface area (Å²) in [5.41, 5.74) is 0. The molecule has 0 aromatic carbocycles. The van der Waals surface area contributed by atoms with Crippen LogP contribution in [0, 0.1) is 0 Å². The van der Waals surface area contributed by atoms with Crippen LogP contribution in [0.5, 0.6) is 0 Å². The third-order valence-corrected chi connectivity index (χ3v) is 9.19. The summed E-state index contributed by atoms with van der Waals surface area (Å²) in [7, 11) is -3.98. The highest BCUT2D eigenvalue weighted by atomic mass is 79.9. The van der Waals surface area contributed by atoms with Gasteiger partial charge in [0.1, 0.15) is 24.7 Å². The lowest BCUT2D eigenvalue weighted by molar-refractivity contribution is -0.143. The van der Waals surface area contributed by atoms with Crippen molar-refractivity contribution >= 4 is 79.3 Å². The quantitative estimate of drug-likeness (QED) is 0.0257. The molecule has 0 aliphatic rings. The summed E-state index contributed by atoms with van der Waals surface area (Å²) < 4.78 is 36.1. The van der Waals surface area contributed by atoms with Crippen molar-refractivity contribution in [3.8, 4) is 0 Å². The van der Waals surface area contributed by atoms with E-state index in [9.17, 15) is 66.9 Å². The predicted octanol–water partition coefficient (Wildman–Crippen LogP) is -1.89. The number of halogens is 1. The Morgan fingerprint density at radius 1 is 0.571 bits per heavy atom. The van der Waals surface area contributed by atoms with Gasteiger partial charge in [-0.2, -0.15) is 0 Å². The first-order valence-electron chi connectivity index (χ1n) is 17.7. The van der Waals surface area contributed by atoms with Crippen molar-refractivity contribution in [3.05, 3.63) is 0 Å². The summed E-state index contributed by atoms with van der Waals surface area (Å²) in [5.74, 6) is -8.43. The zero-order valence-corrected chi connectivity index (χ0v) is 33.5. The molecular weight excluding hydrogens is 836 g/mol. The normalized spacial score (nSPS) is 12.6. The summed E-state index contributed by atoms with van der Waals surface area (Å²) in [6.45, 7) is 1.75. The number of rotatable bonds is 33. The highest BCUT2D eigenvalue weighted by molar-refractivity contribution is 9.09. The van der Waals surface area contributed by atoms with Crippen LogP contribution < -0.4 is 31.3 Å². The van der Waals surface area contributed by atoms with Crippen molar-refractivity contribution in [3.63, 3.8) is 0 Å². The number of nitrogens with one attached hydrogen (secondary N) is 6. The van der Waals surface area contributed by atoms with Gasteiger partial charge in [-0.05, 0) is 44.9 Å². The van der Waals surface area contributed by atoms with Gasteiger partial charge >= 0.3 is 17.9 Å². The number of ether oxygens (including phenoxy) is 2. The second-order valence-electron chi connectivity index (χ2n) is 12.1. The van der Waals surface area contributed by atoms with Gasteiger partial charge in [-0.25, -0.2) is 22.8 Å². The van der Waals surface area contributed by atoms with E-state index >= 15 is 0 Å². The van der Waals surface area contributed by atoms with E-state index in [1.807, 2.05) is 4.72 Å². The fraction of sp³-hybridized carbons (Fsp3) is 0.719. The molecule has 9 N–H and O–H groups in total. The minimum absolute atomic E-state index is 0.00542. The molecule has 0 aliphatic carbocycles. The smallest absolute Gasteiger partial charge is 0.326 e. The van der Waals surface area contributed by atoms with Crippen LogP contribution in [0.2, 0.25) is 0 Å². The van der Waals surface area contributed by atoms with Gasteiger partial charge in [-0.15, -0.1) is 0 Å². The number of aliphatic carboxylic acids is 3. The second kappa shape index (κ2) is 29.8. The third kappa shape index (κ3) is 27.2. The molecule has 0 saturated heterocycles.